The second-order valence-electron chi connectivity index (χ2n) is 5.37. The van der Waals surface area contributed by atoms with Crippen LogP contribution in [0.1, 0.15) is 53.4 Å². The normalized spacial score (nSPS) is 22.6. The standard InChI is InChI=1S/C15H24O/c1-11(2)6-5-7-13(4)14-9-8-12(3)10-15(14)16/h6,10,13-14H,5,7-9H2,1-4H3/t13-,14?/m1/s1. The highest BCUT2D eigenvalue weighted by Crippen LogP contribution is 2.29. The van der Waals surface area contributed by atoms with Gasteiger partial charge >= 0.3 is 0 Å². The summed E-state index contributed by atoms with van der Waals surface area (Å²) in [5.41, 5.74) is 2.62. The monoisotopic (exact) mass is 220 g/mol. The lowest BCUT2D eigenvalue weighted by Gasteiger charge is -2.25. The lowest BCUT2D eigenvalue weighted by Crippen LogP contribution is -2.23. The SMILES string of the molecule is CC(C)=CCC[C@@H](C)C1CCC(C)=CC1=O. The Bertz CT molecular complexity index is 305. The Hall–Kier alpha value is -0.850. The van der Waals surface area contributed by atoms with Crippen molar-refractivity contribution >= 4 is 5.78 Å². The molecule has 90 valence electrons. The minimum absolute atomic E-state index is 0.272. The van der Waals surface area contributed by atoms with Gasteiger partial charge in [0.1, 0.15) is 0 Å². The van der Waals surface area contributed by atoms with E-state index in [-0.39, 0.29) is 5.92 Å². The van der Waals surface area contributed by atoms with Gasteiger partial charge in [-0.15, -0.1) is 0 Å². The molecule has 1 aliphatic rings. The molecular formula is C15H24O. The van der Waals surface area contributed by atoms with Crippen LogP contribution in [0.4, 0.5) is 0 Å². The molecule has 1 heteroatoms. The van der Waals surface area contributed by atoms with E-state index >= 15 is 0 Å². The molecule has 0 saturated carbocycles. The predicted molar refractivity (Wildman–Crippen MR) is 69.3 cm³/mol. The predicted octanol–water partition coefficient (Wildman–Crippen LogP) is 4.29. The average Bonchev–Trinajstić information content (AvgIpc) is 2.16. The summed E-state index contributed by atoms with van der Waals surface area (Å²) < 4.78 is 0. The van der Waals surface area contributed by atoms with Crippen molar-refractivity contribution in [2.24, 2.45) is 11.8 Å². The highest BCUT2D eigenvalue weighted by atomic mass is 16.1. The maximum Gasteiger partial charge on any atom is 0.158 e. The van der Waals surface area contributed by atoms with Crippen molar-refractivity contribution in [2.75, 3.05) is 0 Å². The molecule has 16 heavy (non-hydrogen) atoms. The molecule has 0 aliphatic heterocycles. The molecule has 0 heterocycles. The first kappa shape index (κ1) is 13.2. The van der Waals surface area contributed by atoms with E-state index in [4.69, 9.17) is 0 Å². The van der Waals surface area contributed by atoms with Gasteiger partial charge in [0.05, 0.1) is 0 Å². The summed E-state index contributed by atoms with van der Waals surface area (Å²) in [6, 6.07) is 0. The molecule has 1 unspecified atom stereocenters. The summed E-state index contributed by atoms with van der Waals surface area (Å²) in [7, 11) is 0. The van der Waals surface area contributed by atoms with Crippen molar-refractivity contribution in [3.8, 4) is 0 Å². The molecule has 1 aliphatic carbocycles. The molecule has 1 nitrogen and oxygen atoms in total. The van der Waals surface area contributed by atoms with E-state index in [2.05, 4.69) is 33.8 Å². The first-order chi connectivity index (χ1) is 7.50. The van der Waals surface area contributed by atoms with E-state index in [1.807, 2.05) is 6.08 Å². The quantitative estimate of drug-likeness (QED) is 0.646. The van der Waals surface area contributed by atoms with Crippen molar-refractivity contribution in [3.63, 3.8) is 0 Å². The Morgan fingerprint density at radius 1 is 1.56 bits per heavy atom. The Balaban J connectivity index is 2.46. The molecule has 2 atom stereocenters. The number of allylic oxidation sites excluding steroid dienone is 4. The molecule has 0 aromatic heterocycles. The van der Waals surface area contributed by atoms with Gasteiger partial charge in [0.2, 0.25) is 0 Å². The molecule has 0 aromatic rings. The van der Waals surface area contributed by atoms with Crippen LogP contribution in [-0.4, -0.2) is 5.78 Å². The molecule has 0 radical (unpaired) electrons. The minimum atomic E-state index is 0.272. The Morgan fingerprint density at radius 2 is 2.25 bits per heavy atom. The van der Waals surface area contributed by atoms with Gasteiger partial charge in [0.15, 0.2) is 5.78 Å². The molecule has 0 spiro atoms. The first-order valence-corrected chi connectivity index (χ1v) is 6.35. The molecular weight excluding hydrogens is 196 g/mol. The van der Waals surface area contributed by atoms with Gasteiger partial charge < -0.3 is 0 Å². The molecule has 0 fully saturated rings. The largest absolute Gasteiger partial charge is 0.295 e. The fourth-order valence-electron chi connectivity index (χ4n) is 2.35. The molecule has 0 aromatic carbocycles. The van der Waals surface area contributed by atoms with Crippen molar-refractivity contribution < 1.29 is 4.79 Å². The molecule has 0 saturated heterocycles. The second-order valence-corrected chi connectivity index (χ2v) is 5.37. The van der Waals surface area contributed by atoms with E-state index in [1.54, 1.807) is 0 Å². The molecule has 1 rings (SSSR count). The molecule has 0 N–H and O–H groups in total. The van der Waals surface area contributed by atoms with E-state index in [0.29, 0.717) is 11.7 Å². The minimum Gasteiger partial charge on any atom is -0.295 e. The van der Waals surface area contributed by atoms with E-state index in [9.17, 15) is 4.79 Å². The van der Waals surface area contributed by atoms with E-state index in [1.165, 1.54) is 11.1 Å². The summed E-state index contributed by atoms with van der Waals surface area (Å²) in [5, 5.41) is 0. The topological polar surface area (TPSA) is 17.1 Å². The van der Waals surface area contributed by atoms with Crippen LogP contribution in [0.25, 0.3) is 0 Å². The van der Waals surface area contributed by atoms with Gasteiger partial charge in [-0.1, -0.05) is 24.1 Å². The summed E-state index contributed by atoms with van der Waals surface area (Å²) in [5.74, 6) is 1.15. The van der Waals surface area contributed by atoms with E-state index < -0.39 is 0 Å². The zero-order valence-electron chi connectivity index (χ0n) is 11.0. The maximum atomic E-state index is 11.9. The van der Waals surface area contributed by atoms with Crippen LogP contribution in [-0.2, 0) is 4.79 Å². The van der Waals surface area contributed by atoms with Crippen LogP contribution in [0.3, 0.4) is 0 Å². The van der Waals surface area contributed by atoms with Crippen molar-refractivity contribution in [1.29, 1.82) is 0 Å². The number of hydrogen-bond donors (Lipinski definition) is 0. The summed E-state index contributed by atoms with van der Waals surface area (Å²) >= 11 is 0. The fraction of sp³-hybridized carbons (Fsp3) is 0.667. The number of carbonyl (C=O) groups is 1. The first-order valence-electron chi connectivity index (χ1n) is 6.35. The van der Waals surface area contributed by atoms with Gasteiger partial charge in [-0.05, 0) is 58.4 Å². The number of carbonyl (C=O) groups excluding carboxylic acids is 1. The van der Waals surface area contributed by atoms with Gasteiger partial charge in [-0.25, -0.2) is 0 Å². The third-order valence-corrected chi connectivity index (χ3v) is 3.47. The highest BCUT2D eigenvalue weighted by Gasteiger charge is 2.25. The third kappa shape index (κ3) is 3.96. The van der Waals surface area contributed by atoms with Crippen LogP contribution < -0.4 is 0 Å². The molecule has 0 amide bonds. The van der Waals surface area contributed by atoms with Crippen LogP contribution in [0, 0.1) is 11.8 Å². The average molecular weight is 220 g/mol. The zero-order valence-corrected chi connectivity index (χ0v) is 11.0. The van der Waals surface area contributed by atoms with Gasteiger partial charge in [0, 0.05) is 5.92 Å². The number of rotatable bonds is 4. The third-order valence-electron chi connectivity index (χ3n) is 3.47. The maximum absolute atomic E-state index is 11.9. The van der Waals surface area contributed by atoms with Crippen molar-refractivity contribution in [1.82, 2.24) is 0 Å². The zero-order chi connectivity index (χ0) is 12.1. The highest BCUT2D eigenvalue weighted by molar-refractivity contribution is 5.93. The van der Waals surface area contributed by atoms with Crippen LogP contribution in [0.2, 0.25) is 0 Å². The smallest absolute Gasteiger partial charge is 0.158 e. The summed E-state index contributed by atoms with van der Waals surface area (Å²) in [6.07, 6.45) is 8.52. The van der Waals surface area contributed by atoms with Gasteiger partial charge in [0.25, 0.3) is 0 Å². The Labute approximate surface area is 99.6 Å². The summed E-state index contributed by atoms with van der Waals surface area (Å²) in [6.45, 7) is 8.53. The van der Waals surface area contributed by atoms with Crippen molar-refractivity contribution in [2.45, 2.75) is 53.4 Å². The number of hydrogen-bond acceptors (Lipinski definition) is 1. The van der Waals surface area contributed by atoms with Crippen LogP contribution in [0.5, 0.6) is 0 Å². The van der Waals surface area contributed by atoms with Crippen LogP contribution >= 0.6 is 0 Å². The lowest BCUT2D eigenvalue weighted by atomic mass is 9.79. The summed E-state index contributed by atoms with van der Waals surface area (Å²) in [4.78, 5) is 11.9. The van der Waals surface area contributed by atoms with Crippen LogP contribution in [0.15, 0.2) is 23.3 Å². The fourth-order valence-corrected chi connectivity index (χ4v) is 2.35. The second kappa shape index (κ2) is 6.03. The number of ketones is 1. The van der Waals surface area contributed by atoms with E-state index in [0.717, 1.165) is 25.7 Å². The van der Waals surface area contributed by atoms with Gasteiger partial charge in [-0.2, -0.15) is 0 Å². The Kier molecular flexibility index (Phi) is 4.98. The van der Waals surface area contributed by atoms with Gasteiger partial charge in [-0.3, -0.25) is 4.79 Å². The van der Waals surface area contributed by atoms with Crippen molar-refractivity contribution in [3.05, 3.63) is 23.3 Å². The lowest BCUT2D eigenvalue weighted by molar-refractivity contribution is -0.120. The Morgan fingerprint density at radius 3 is 2.81 bits per heavy atom. The molecule has 0 bridgehead atoms.